The molecule has 1 aliphatic rings. The number of amides is 3. The van der Waals surface area contributed by atoms with Gasteiger partial charge < -0.3 is 15.1 Å². The summed E-state index contributed by atoms with van der Waals surface area (Å²) in [5, 5.41) is 2.95. The van der Waals surface area contributed by atoms with Gasteiger partial charge in [-0.25, -0.2) is 14.8 Å². The van der Waals surface area contributed by atoms with Gasteiger partial charge in [0.05, 0.1) is 28.3 Å². The largest absolute Gasteiger partial charge is 0.343 e. The highest BCUT2D eigenvalue weighted by Crippen LogP contribution is 2.21. The number of urea groups is 1. The Morgan fingerprint density at radius 1 is 1.14 bits per heavy atom. The number of likely N-dealkylation sites (tertiary alicyclic amines) is 1. The first kappa shape index (κ1) is 20.0. The third kappa shape index (κ3) is 4.24. The molecule has 1 aliphatic heterocycles. The molecule has 1 atom stereocenters. The second-order valence-corrected chi connectivity index (χ2v) is 7.32. The van der Waals surface area contributed by atoms with Crippen molar-refractivity contribution in [1.29, 1.82) is 0 Å². The molecule has 1 aromatic heterocycles. The summed E-state index contributed by atoms with van der Waals surface area (Å²) in [6.45, 7) is 10.4. The highest BCUT2D eigenvalue weighted by Gasteiger charge is 2.30. The summed E-state index contributed by atoms with van der Waals surface area (Å²) in [6, 6.07) is 5.38. The number of benzene rings is 1. The minimum atomic E-state index is -0.173. The van der Waals surface area contributed by atoms with Crippen LogP contribution in [0.4, 0.5) is 10.5 Å². The molecular weight excluding hydrogens is 354 g/mol. The van der Waals surface area contributed by atoms with Gasteiger partial charge in [-0.15, -0.1) is 0 Å². The van der Waals surface area contributed by atoms with Crippen molar-refractivity contribution in [1.82, 2.24) is 19.8 Å². The van der Waals surface area contributed by atoms with E-state index in [2.05, 4.69) is 15.3 Å². The average Bonchev–Trinajstić information content (AvgIpc) is 2.70. The van der Waals surface area contributed by atoms with Crippen LogP contribution in [0.3, 0.4) is 0 Å². The van der Waals surface area contributed by atoms with Gasteiger partial charge in [0.15, 0.2) is 0 Å². The summed E-state index contributed by atoms with van der Waals surface area (Å²) in [5.74, 6) is 0.0295. The van der Waals surface area contributed by atoms with Crippen LogP contribution in [-0.2, 0) is 4.79 Å². The van der Waals surface area contributed by atoms with Gasteiger partial charge in [0.2, 0.25) is 5.91 Å². The molecule has 1 fully saturated rings. The van der Waals surface area contributed by atoms with Crippen molar-refractivity contribution in [3.63, 3.8) is 0 Å². The SMILES string of the molecule is CCN(CC)C(=O)[C@H]1CCCN(C(=O)Nc2ccc3nc(C)c(C)nc3c2)C1. The van der Waals surface area contributed by atoms with Crippen molar-refractivity contribution in [2.75, 3.05) is 31.5 Å². The lowest BCUT2D eigenvalue weighted by Crippen LogP contribution is -2.47. The molecule has 7 heteroatoms. The second-order valence-electron chi connectivity index (χ2n) is 7.32. The van der Waals surface area contributed by atoms with E-state index in [1.807, 2.05) is 50.8 Å². The summed E-state index contributed by atoms with van der Waals surface area (Å²) >= 11 is 0. The van der Waals surface area contributed by atoms with Gasteiger partial charge in [-0.3, -0.25) is 4.79 Å². The number of hydrogen-bond donors (Lipinski definition) is 1. The number of fused-ring (bicyclic) bond motifs is 1. The molecule has 1 N–H and O–H groups in total. The van der Waals surface area contributed by atoms with Crippen molar-refractivity contribution < 1.29 is 9.59 Å². The van der Waals surface area contributed by atoms with Crippen LogP contribution in [0.2, 0.25) is 0 Å². The molecule has 3 amide bonds. The van der Waals surface area contributed by atoms with E-state index >= 15 is 0 Å². The monoisotopic (exact) mass is 383 g/mol. The molecule has 2 heterocycles. The standard InChI is InChI=1S/C21H29N5O2/c1-5-25(6-2)20(27)16-8-7-11-26(13-16)21(28)24-17-9-10-18-19(12-17)23-15(4)14(3)22-18/h9-10,12,16H,5-8,11,13H2,1-4H3,(H,24,28)/t16-/m0/s1. The van der Waals surface area contributed by atoms with Gasteiger partial charge in [0.1, 0.15) is 0 Å². The summed E-state index contributed by atoms with van der Waals surface area (Å²) in [5.41, 5.74) is 4.04. The molecule has 0 spiro atoms. The lowest BCUT2D eigenvalue weighted by Gasteiger charge is -2.34. The van der Waals surface area contributed by atoms with Crippen LogP contribution in [0, 0.1) is 19.8 Å². The van der Waals surface area contributed by atoms with Crippen molar-refractivity contribution in [3.8, 4) is 0 Å². The van der Waals surface area contributed by atoms with E-state index in [4.69, 9.17) is 0 Å². The summed E-state index contributed by atoms with van der Waals surface area (Å²) < 4.78 is 0. The molecule has 1 saturated heterocycles. The summed E-state index contributed by atoms with van der Waals surface area (Å²) in [7, 11) is 0. The summed E-state index contributed by atoms with van der Waals surface area (Å²) in [4.78, 5) is 38.1. The normalized spacial score (nSPS) is 16.9. The number of piperidine rings is 1. The molecular formula is C21H29N5O2. The van der Waals surface area contributed by atoms with Crippen LogP contribution in [-0.4, -0.2) is 57.9 Å². The maximum absolute atomic E-state index is 12.8. The van der Waals surface area contributed by atoms with Crippen LogP contribution >= 0.6 is 0 Å². The number of aromatic nitrogens is 2. The lowest BCUT2D eigenvalue weighted by molar-refractivity contribution is -0.136. The quantitative estimate of drug-likeness (QED) is 0.878. The molecule has 0 unspecified atom stereocenters. The Bertz CT molecular complexity index is 878. The minimum Gasteiger partial charge on any atom is -0.343 e. The number of anilines is 1. The van der Waals surface area contributed by atoms with Gasteiger partial charge in [0, 0.05) is 31.9 Å². The summed E-state index contributed by atoms with van der Waals surface area (Å²) in [6.07, 6.45) is 1.68. The van der Waals surface area contributed by atoms with Crippen molar-refractivity contribution in [3.05, 3.63) is 29.6 Å². The molecule has 0 bridgehead atoms. The zero-order valence-corrected chi connectivity index (χ0v) is 17.2. The predicted octanol–water partition coefficient (Wildman–Crippen LogP) is 3.36. The first-order chi connectivity index (χ1) is 13.4. The highest BCUT2D eigenvalue weighted by molar-refractivity contribution is 5.92. The van der Waals surface area contributed by atoms with Crippen LogP contribution in [0.25, 0.3) is 11.0 Å². The zero-order valence-electron chi connectivity index (χ0n) is 17.2. The fourth-order valence-corrected chi connectivity index (χ4v) is 3.67. The van der Waals surface area contributed by atoms with Crippen molar-refractivity contribution >= 4 is 28.7 Å². The van der Waals surface area contributed by atoms with Gasteiger partial charge in [-0.2, -0.15) is 0 Å². The van der Waals surface area contributed by atoms with Crippen LogP contribution < -0.4 is 5.32 Å². The fourth-order valence-electron chi connectivity index (χ4n) is 3.67. The number of nitrogens with zero attached hydrogens (tertiary/aromatic N) is 4. The average molecular weight is 383 g/mol. The second kappa shape index (κ2) is 8.54. The number of carbonyl (C=O) groups is 2. The molecule has 7 nitrogen and oxygen atoms in total. The minimum absolute atomic E-state index is 0.118. The molecule has 3 rings (SSSR count). The van der Waals surface area contributed by atoms with Gasteiger partial charge in [-0.05, 0) is 58.7 Å². The number of aryl methyl sites for hydroxylation is 2. The van der Waals surface area contributed by atoms with Crippen LogP contribution in [0.1, 0.15) is 38.1 Å². The third-order valence-electron chi connectivity index (χ3n) is 5.46. The number of rotatable bonds is 4. The fraction of sp³-hybridized carbons (Fsp3) is 0.524. The predicted molar refractivity (Wildman–Crippen MR) is 110 cm³/mol. The Hall–Kier alpha value is -2.70. The van der Waals surface area contributed by atoms with E-state index in [1.54, 1.807) is 4.90 Å². The van der Waals surface area contributed by atoms with Gasteiger partial charge in [0.25, 0.3) is 0 Å². The Kier molecular flexibility index (Phi) is 6.11. The van der Waals surface area contributed by atoms with Gasteiger partial charge in [-0.1, -0.05) is 0 Å². The topological polar surface area (TPSA) is 78.4 Å². The first-order valence-corrected chi connectivity index (χ1v) is 10.0. The molecule has 0 aliphatic carbocycles. The van der Waals surface area contributed by atoms with E-state index in [1.165, 1.54) is 0 Å². The van der Waals surface area contributed by atoms with Crippen LogP contribution in [0.15, 0.2) is 18.2 Å². The maximum atomic E-state index is 12.8. The van der Waals surface area contributed by atoms with Crippen LogP contribution in [0.5, 0.6) is 0 Å². The molecule has 28 heavy (non-hydrogen) atoms. The Balaban J connectivity index is 1.69. The Labute approximate surface area is 166 Å². The third-order valence-corrected chi connectivity index (χ3v) is 5.46. The molecule has 2 aromatic rings. The zero-order chi connectivity index (χ0) is 20.3. The number of carbonyl (C=O) groups excluding carboxylic acids is 2. The number of hydrogen-bond acceptors (Lipinski definition) is 4. The molecule has 0 saturated carbocycles. The van der Waals surface area contributed by atoms with E-state index in [0.29, 0.717) is 31.9 Å². The Morgan fingerprint density at radius 3 is 2.50 bits per heavy atom. The highest BCUT2D eigenvalue weighted by atomic mass is 16.2. The molecule has 150 valence electrons. The van der Waals surface area contributed by atoms with E-state index in [0.717, 1.165) is 35.3 Å². The van der Waals surface area contributed by atoms with Crippen molar-refractivity contribution in [2.24, 2.45) is 5.92 Å². The van der Waals surface area contributed by atoms with E-state index in [-0.39, 0.29) is 17.9 Å². The smallest absolute Gasteiger partial charge is 0.321 e. The van der Waals surface area contributed by atoms with E-state index < -0.39 is 0 Å². The first-order valence-electron chi connectivity index (χ1n) is 10.0. The molecule has 1 aromatic carbocycles. The lowest BCUT2D eigenvalue weighted by atomic mass is 9.96. The van der Waals surface area contributed by atoms with Gasteiger partial charge >= 0.3 is 6.03 Å². The number of nitrogens with one attached hydrogen (secondary N) is 1. The Morgan fingerprint density at radius 2 is 1.82 bits per heavy atom. The van der Waals surface area contributed by atoms with E-state index in [9.17, 15) is 9.59 Å². The molecule has 0 radical (unpaired) electrons. The van der Waals surface area contributed by atoms with Crippen molar-refractivity contribution in [2.45, 2.75) is 40.5 Å². The maximum Gasteiger partial charge on any atom is 0.321 e.